The molecule has 2 aromatic rings. The maximum absolute atomic E-state index is 7.32. The Labute approximate surface area is 182 Å². The van der Waals surface area contributed by atoms with Gasteiger partial charge in [-0.3, -0.25) is 4.90 Å². The molecule has 2 aromatic carbocycles. The lowest BCUT2D eigenvalue weighted by Gasteiger charge is -2.26. The van der Waals surface area contributed by atoms with Crippen LogP contribution < -0.4 is 0 Å². The van der Waals surface area contributed by atoms with Gasteiger partial charge >= 0.3 is 0 Å². The fourth-order valence-corrected chi connectivity index (χ4v) is 4.47. The molecule has 0 saturated heterocycles. The van der Waals surface area contributed by atoms with Crippen molar-refractivity contribution < 1.29 is 0 Å². The standard InChI is InChI=1S/C24H32ClN.C2H3N/c1-19(2)26(18-21-8-4-3-5-9-21)17-7-10-20-13-15-22(16-14-20)23-11-6-12-24(23)25;1-2-3/h3-5,8-9,13-16,19,23-24H,6-7,10-12,17-18H2,1-2H3;1H3. The molecule has 0 radical (unpaired) electrons. The molecule has 29 heavy (non-hydrogen) atoms. The molecular weight excluding hydrogens is 376 g/mol. The van der Waals surface area contributed by atoms with Crippen LogP contribution in [0.5, 0.6) is 0 Å². The van der Waals surface area contributed by atoms with Crippen molar-refractivity contribution in [3.05, 3.63) is 71.3 Å². The summed E-state index contributed by atoms with van der Waals surface area (Å²) < 4.78 is 0. The molecule has 0 N–H and O–H groups in total. The minimum atomic E-state index is 0.332. The first-order valence-electron chi connectivity index (χ1n) is 10.9. The summed E-state index contributed by atoms with van der Waals surface area (Å²) in [6.45, 7) is 8.20. The Hall–Kier alpha value is -1.82. The van der Waals surface area contributed by atoms with E-state index in [1.165, 1.54) is 49.3 Å². The van der Waals surface area contributed by atoms with Gasteiger partial charge in [0.15, 0.2) is 0 Å². The monoisotopic (exact) mass is 410 g/mol. The van der Waals surface area contributed by atoms with Gasteiger partial charge in [0.05, 0.1) is 6.07 Å². The van der Waals surface area contributed by atoms with E-state index in [1.807, 2.05) is 0 Å². The third-order valence-electron chi connectivity index (χ3n) is 5.71. The van der Waals surface area contributed by atoms with Crippen molar-refractivity contribution in [2.45, 2.75) is 76.8 Å². The molecule has 2 atom stereocenters. The lowest BCUT2D eigenvalue weighted by Crippen LogP contribution is -2.31. The number of aryl methyl sites for hydroxylation is 1. The molecule has 0 amide bonds. The van der Waals surface area contributed by atoms with E-state index in [-0.39, 0.29) is 0 Å². The van der Waals surface area contributed by atoms with Crippen molar-refractivity contribution >= 4 is 11.6 Å². The minimum absolute atomic E-state index is 0.332. The number of hydrogen-bond donors (Lipinski definition) is 0. The Morgan fingerprint density at radius 3 is 2.24 bits per heavy atom. The highest BCUT2D eigenvalue weighted by Crippen LogP contribution is 2.38. The number of rotatable bonds is 8. The maximum Gasteiger partial charge on any atom is 0.0587 e. The fourth-order valence-electron chi connectivity index (χ4n) is 4.05. The van der Waals surface area contributed by atoms with Gasteiger partial charge in [0.1, 0.15) is 0 Å². The Morgan fingerprint density at radius 2 is 1.69 bits per heavy atom. The van der Waals surface area contributed by atoms with E-state index >= 15 is 0 Å². The first-order valence-corrected chi connectivity index (χ1v) is 11.3. The summed E-state index contributed by atoms with van der Waals surface area (Å²) in [5.74, 6) is 0.563. The number of halogens is 1. The third kappa shape index (κ3) is 7.84. The molecule has 0 aromatic heterocycles. The van der Waals surface area contributed by atoms with E-state index < -0.39 is 0 Å². The van der Waals surface area contributed by atoms with Gasteiger partial charge in [0.2, 0.25) is 0 Å². The quantitative estimate of drug-likeness (QED) is 0.441. The molecule has 0 aliphatic heterocycles. The number of alkyl halides is 1. The second kappa shape index (κ2) is 12.7. The first kappa shape index (κ1) is 23.5. The zero-order valence-corrected chi connectivity index (χ0v) is 18.9. The van der Waals surface area contributed by atoms with Crippen molar-refractivity contribution in [2.75, 3.05) is 6.54 Å². The highest BCUT2D eigenvalue weighted by atomic mass is 35.5. The molecule has 1 aliphatic rings. The predicted molar refractivity (Wildman–Crippen MR) is 124 cm³/mol. The van der Waals surface area contributed by atoms with E-state index in [9.17, 15) is 0 Å². The van der Waals surface area contributed by atoms with Crippen molar-refractivity contribution in [3.8, 4) is 6.07 Å². The first-order chi connectivity index (χ1) is 14.0. The third-order valence-corrected chi connectivity index (χ3v) is 6.23. The van der Waals surface area contributed by atoms with Gasteiger partial charge in [0, 0.05) is 30.8 Å². The molecule has 2 nitrogen and oxygen atoms in total. The summed E-state index contributed by atoms with van der Waals surface area (Å²) in [6.07, 6.45) is 6.03. The Bertz CT molecular complexity index is 734. The van der Waals surface area contributed by atoms with E-state index in [0.29, 0.717) is 17.3 Å². The van der Waals surface area contributed by atoms with Crippen molar-refractivity contribution in [1.29, 1.82) is 5.26 Å². The minimum Gasteiger partial charge on any atom is -0.297 e. The van der Waals surface area contributed by atoms with Crippen LogP contribution in [0, 0.1) is 11.3 Å². The maximum atomic E-state index is 7.32. The molecule has 0 bridgehead atoms. The number of hydrogen-bond acceptors (Lipinski definition) is 2. The van der Waals surface area contributed by atoms with Crippen LogP contribution in [-0.4, -0.2) is 22.9 Å². The zero-order chi connectivity index (χ0) is 21.1. The normalized spacial score (nSPS) is 18.4. The molecule has 1 aliphatic carbocycles. The van der Waals surface area contributed by atoms with Gasteiger partial charge in [0.25, 0.3) is 0 Å². The summed E-state index contributed by atoms with van der Waals surface area (Å²) in [5, 5.41) is 7.65. The summed E-state index contributed by atoms with van der Waals surface area (Å²) in [4.78, 5) is 2.57. The highest BCUT2D eigenvalue weighted by molar-refractivity contribution is 6.21. The van der Waals surface area contributed by atoms with Crippen LogP contribution >= 0.6 is 11.6 Å². The van der Waals surface area contributed by atoms with Crippen LogP contribution in [-0.2, 0) is 13.0 Å². The van der Waals surface area contributed by atoms with Crippen LogP contribution in [0.15, 0.2) is 54.6 Å². The smallest absolute Gasteiger partial charge is 0.0587 e. The van der Waals surface area contributed by atoms with E-state index in [0.717, 1.165) is 19.5 Å². The lowest BCUT2D eigenvalue weighted by atomic mass is 9.95. The Kier molecular flexibility index (Phi) is 10.3. The van der Waals surface area contributed by atoms with Crippen LogP contribution in [0.3, 0.4) is 0 Å². The van der Waals surface area contributed by atoms with Crippen LogP contribution in [0.1, 0.15) is 69.1 Å². The van der Waals surface area contributed by atoms with Gasteiger partial charge in [-0.05, 0) is 62.8 Å². The summed E-state index contributed by atoms with van der Waals surface area (Å²) in [5.41, 5.74) is 4.28. The van der Waals surface area contributed by atoms with Crippen LogP contribution in [0.2, 0.25) is 0 Å². The zero-order valence-electron chi connectivity index (χ0n) is 18.2. The molecule has 3 heteroatoms. The average molecular weight is 411 g/mol. The van der Waals surface area contributed by atoms with Crippen molar-refractivity contribution in [2.24, 2.45) is 0 Å². The molecule has 1 fully saturated rings. The highest BCUT2D eigenvalue weighted by Gasteiger charge is 2.26. The topological polar surface area (TPSA) is 27.0 Å². The van der Waals surface area contributed by atoms with E-state index in [1.54, 1.807) is 6.07 Å². The molecular formula is C26H35ClN2. The molecule has 0 heterocycles. The molecule has 3 rings (SSSR count). The SMILES string of the molecule is CC#N.CC(C)N(CCCc1ccc(C2CCCC2Cl)cc1)Cc1ccccc1. The predicted octanol–water partition coefficient (Wildman–Crippen LogP) is 6.93. The van der Waals surface area contributed by atoms with Gasteiger partial charge in [-0.25, -0.2) is 0 Å². The van der Waals surface area contributed by atoms with Gasteiger partial charge in [-0.15, -0.1) is 11.6 Å². The summed E-state index contributed by atoms with van der Waals surface area (Å²) >= 11 is 6.46. The summed E-state index contributed by atoms with van der Waals surface area (Å²) in [6, 6.07) is 22.4. The molecule has 0 spiro atoms. The number of nitriles is 1. The van der Waals surface area contributed by atoms with E-state index in [2.05, 4.69) is 73.3 Å². The number of nitrogens with zero attached hydrogens (tertiary/aromatic N) is 2. The van der Waals surface area contributed by atoms with Gasteiger partial charge in [-0.1, -0.05) is 61.0 Å². The largest absolute Gasteiger partial charge is 0.297 e. The second-order valence-corrected chi connectivity index (χ2v) is 8.73. The van der Waals surface area contributed by atoms with Crippen molar-refractivity contribution in [3.63, 3.8) is 0 Å². The Balaban J connectivity index is 0.000000941. The van der Waals surface area contributed by atoms with Crippen LogP contribution in [0.25, 0.3) is 0 Å². The number of benzene rings is 2. The molecule has 1 saturated carbocycles. The van der Waals surface area contributed by atoms with Gasteiger partial charge < -0.3 is 0 Å². The fraction of sp³-hybridized carbons (Fsp3) is 0.500. The van der Waals surface area contributed by atoms with Crippen molar-refractivity contribution in [1.82, 2.24) is 4.90 Å². The average Bonchev–Trinajstić information content (AvgIpc) is 3.15. The molecule has 156 valence electrons. The lowest BCUT2D eigenvalue weighted by molar-refractivity contribution is 0.210. The van der Waals surface area contributed by atoms with Gasteiger partial charge in [-0.2, -0.15) is 5.26 Å². The second-order valence-electron chi connectivity index (χ2n) is 8.17. The van der Waals surface area contributed by atoms with E-state index in [4.69, 9.17) is 16.9 Å². The molecule has 2 unspecified atom stereocenters. The summed E-state index contributed by atoms with van der Waals surface area (Å²) in [7, 11) is 0. The Morgan fingerprint density at radius 1 is 1.03 bits per heavy atom. The van der Waals surface area contributed by atoms with Crippen LogP contribution in [0.4, 0.5) is 0 Å².